The number of hydrogen-bond acceptors (Lipinski definition) is 7. The van der Waals surface area contributed by atoms with Gasteiger partial charge < -0.3 is 14.2 Å². The van der Waals surface area contributed by atoms with Gasteiger partial charge in [0.2, 0.25) is 0 Å². The number of esters is 2. The van der Waals surface area contributed by atoms with Crippen molar-refractivity contribution in [1.29, 1.82) is 0 Å². The van der Waals surface area contributed by atoms with Gasteiger partial charge in [0.25, 0.3) is 11.8 Å². The first-order chi connectivity index (χ1) is 23.6. The van der Waals surface area contributed by atoms with E-state index in [1.54, 1.807) is 0 Å². The Kier molecular flexibility index (Phi) is 10.9. The van der Waals surface area contributed by atoms with Crippen LogP contribution in [0.4, 0.5) is 0 Å². The van der Waals surface area contributed by atoms with Gasteiger partial charge in [-0.1, -0.05) is 81.3 Å². The number of para-hydroxylation sites is 1. The average Bonchev–Trinajstić information content (AvgIpc) is 3.78. The first-order valence-corrected chi connectivity index (χ1v) is 17.7. The second-order valence-electron chi connectivity index (χ2n) is 15.6. The summed E-state index contributed by atoms with van der Waals surface area (Å²) in [7, 11) is 0. The molecule has 3 aliphatic carbocycles. The first-order valence-electron chi connectivity index (χ1n) is 17.7. The van der Waals surface area contributed by atoms with Crippen molar-refractivity contribution in [3.8, 4) is 11.5 Å². The lowest BCUT2D eigenvalue weighted by atomic mass is 9.93. The quantitative estimate of drug-likeness (QED) is 0.141. The molecule has 2 saturated carbocycles. The summed E-state index contributed by atoms with van der Waals surface area (Å²) in [6.45, 7) is 16.5. The molecule has 0 bridgehead atoms. The van der Waals surface area contributed by atoms with Crippen LogP contribution in [0.5, 0.6) is 11.5 Å². The minimum atomic E-state index is -0.326. The number of carbonyl (C=O) groups excluding carboxylic acids is 4. The lowest BCUT2D eigenvalue weighted by Gasteiger charge is -2.15. The van der Waals surface area contributed by atoms with Gasteiger partial charge in [-0.3, -0.25) is 19.2 Å². The molecule has 2 amide bonds. The van der Waals surface area contributed by atoms with E-state index in [4.69, 9.17) is 14.2 Å². The molecule has 6 rings (SSSR count). The molecule has 0 aromatic heterocycles. The number of carbonyl (C=O) groups is 4. The molecule has 8 nitrogen and oxygen atoms in total. The van der Waals surface area contributed by atoms with Crippen molar-refractivity contribution in [3.05, 3.63) is 94.6 Å². The van der Waals surface area contributed by atoms with E-state index in [2.05, 4.69) is 39.8 Å². The highest BCUT2D eigenvalue weighted by Crippen LogP contribution is 2.60. The van der Waals surface area contributed by atoms with Crippen molar-refractivity contribution in [2.24, 2.45) is 34.5 Å². The van der Waals surface area contributed by atoms with Crippen LogP contribution in [0.15, 0.2) is 89.0 Å². The lowest BCUT2D eigenvalue weighted by molar-refractivity contribution is -0.157. The molecule has 8 heteroatoms. The van der Waals surface area contributed by atoms with Crippen LogP contribution >= 0.6 is 0 Å². The standard InChI is InChI=1S/C23H26O3.C19H25NO4/c1-16(2)13-20-21(23(20,3)4)22(24)25-15-17-9-8-12-19(14-17)26-18-10-6-5-7-11-18;1-11(2)9-14-15(19(14,3)4)18(23)24-10-20-16(21)12-7-5-6-8-13(12)17(20)22/h5-14,20-21H,15H2,1-4H3;9,14-15H,5-8,10H2,1-4H3. The summed E-state index contributed by atoms with van der Waals surface area (Å²) in [5.41, 5.74) is 4.42. The highest BCUT2D eigenvalue weighted by Gasteiger charge is 2.62. The first kappa shape index (κ1) is 36.8. The van der Waals surface area contributed by atoms with Crippen LogP contribution in [-0.4, -0.2) is 35.4 Å². The van der Waals surface area contributed by atoms with Crippen LogP contribution < -0.4 is 4.74 Å². The molecule has 4 unspecified atom stereocenters. The Morgan fingerprint density at radius 1 is 0.720 bits per heavy atom. The summed E-state index contributed by atoms with van der Waals surface area (Å²) >= 11 is 0. The molecule has 1 aliphatic heterocycles. The maximum absolute atomic E-state index is 12.5. The third-order valence-electron chi connectivity index (χ3n) is 10.4. The Labute approximate surface area is 296 Å². The Bertz CT molecular complexity index is 1690. The molecule has 2 aromatic carbocycles. The van der Waals surface area contributed by atoms with Gasteiger partial charge in [0, 0.05) is 11.1 Å². The lowest BCUT2D eigenvalue weighted by Crippen LogP contribution is -2.35. The van der Waals surface area contributed by atoms with Crippen LogP contribution in [0.2, 0.25) is 0 Å². The van der Waals surface area contributed by atoms with E-state index in [-0.39, 0.29) is 71.6 Å². The van der Waals surface area contributed by atoms with Gasteiger partial charge in [0.15, 0.2) is 6.73 Å². The van der Waals surface area contributed by atoms with Gasteiger partial charge in [0.05, 0.1) is 11.8 Å². The number of ether oxygens (including phenoxy) is 3. The minimum absolute atomic E-state index is 0.0212. The summed E-state index contributed by atoms with van der Waals surface area (Å²) in [5.74, 6) is 0.685. The predicted octanol–water partition coefficient (Wildman–Crippen LogP) is 8.73. The van der Waals surface area contributed by atoms with Gasteiger partial charge in [-0.05, 0) is 106 Å². The van der Waals surface area contributed by atoms with Crippen molar-refractivity contribution in [2.45, 2.75) is 87.7 Å². The van der Waals surface area contributed by atoms with E-state index < -0.39 is 0 Å². The molecular formula is C42H51NO7. The molecule has 2 fully saturated rings. The molecular weight excluding hydrogens is 630 g/mol. The van der Waals surface area contributed by atoms with Crippen molar-refractivity contribution < 1.29 is 33.4 Å². The van der Waals surface area contributed by atoms with Crippen molar-refractivity contribution in [3.63, 3.8) is 0 Å². The number of hydrogen-bond donors (Lipinski definition) is 0. The largest absolute Gasteiger partial charge is 0.461 e. The molecule has 1 heterocycles. The molecule has 2 aromatic rings. The number of nitrogens with zero attached hydrogens (tertiary/aromatic N) is 1. The van der Waals surface area contributed by atoms with Crippen molar-refractivity contribution in [1.82, 2.24) is 4.90 Å². The Balaban J connectivity index is 0.000000195. The second-order valence-corrected chi connectivity index (χ2v) is 15.6. The zero-order valence-corrected chi connectivity index (χ0v) is 30.7. The summed E-state index contributed by atoms with van der Waals surface area (Å²) in [4.78, 5) is 50.6. The van der Waals surface area contributed by atoms with Gasteiger partial charge in [-0.2, -0.15) is 0 Å². The number of amides is 2. The number of allylic oxidation sites excluding steroid dienone is 4. The van der Waals surface area contributed by atoms with Crippen LogP contribution in [-0.2, 0) is 35.3 Å². The number of rotatable bonds is 10. The van der Waals surface area contributed by atoms with E-state index in [1.165, 1.54) is 11.1 Å². The van der Waals surface area contributed by atoms with Crippen molar-refractivity contribution >= 4 is 23.8 Å². The maximum atomic E-state index is 12.5. The van der Waals surface area contributed by atoms with Crippen LogP contribution in [0.25, 0.3) is 0 Å². The van der Waals surface area contributed by atoms with Gasteiger partial charge in [0.1, 0.15) is 18.1 Å². The van der Waals surface area contributed by atoms with Gasteiger partial charge in [-0.15, -0.1) is 0 Å². The molecule has 266 valence electrons. The Morgan fingerprint density at radius 2 is 1.22 bits per heavy atom. The molecule has 0 N–H and O–H groups in total. The van der Waals surface area contributed by atoms with Gasteiger partial charge >= 0.3 is 11.9 Å². The van der Waals surface area contributed by atoms with E-state index in [0.29, 0.717) is 24.0 Å². The van der Waals surface area contributed by atoms with Gasteiger partial charge in [-0.25, -0.2) is 4.90 Å². The topological polar surface area (TPSA) is 99.2 Å². The van der Waals surface area contributed by atoms with Crippen LogP contribution in [0.1, 0.15) is 86.6 Å². The monoisotopic (exact) mass is 681 g/mol. The smallest absolute Gasteiger partial charge is 0.311 e. The fourth-order valence-corrected chi connectivity index (χ4v) is 7.29. The summed E-state index contributed by atoms with van der Waals surface area (Å²) in [6, 6.07) is 17.3. The summed E-state index contributed by atoms with van der Waals surface area (Å²) in [6.07, 6.45) is 7.46. The maximum Gasteiger partial charge on any atom is 0.311 e. The van der Waals surface area contributed by atoms with Crippen LogP contribution in [0, 0.1) is 34.5 Å². The van der Waals surface area contributed by atoms with E-state index in [1.807, 2.05) is 82.3 Å². The minimum Gasteiger partial charge on any atom is -0.461 e. The zero-order valence-electron chi connectivity index (χ0n) is 30.7. The highest BCUT2D eigenvalue weighted by molar-refractivity contribution is 6.19. The fraction of sp³-hybridized carbons (Fsp3) is 0.476. The third-order valence-corrected chi connectivity index (χ3v) is 10.4. The Morgan fingerprint density at radius 3 is 1.74 bits per heavy atom. The van der Waals surface area contributed by atoms with E-state index in [0.717, 1.165) is 34.8 Å². The zero-order chi connectivity index (χ0) is 36.4. The van der Waals surface area contributed by atoms with E-state index >= 15 is 0 Å². The molecule has 0 spiro atoms. The third kappa shape index (κ3) is 8.11. The fourth-order valence-electron chi connectivity index (χ4n) is 7.29. The predicted molar refractivity (Wildman–Crippen MR) is 191 cm³/mol. The average molecular weight is 682 g/mol. The summed E-state index contributed by atoms with van der Waals surface area (Å²) < 4.78 is 16.7. The second kappa shape index (κ2) is 14.8. The van der Waals surface area contributed by atoms with Crippen molar-refractivity contribution in [2.75, 3.05) is 6.73 Å². The summed E-state index contributed by atoms with van der Waals surface area (Å²) in [5, 5.41) is 0. The molecule has 50 heavy (non-hydrogen) atoms. The number of benzene rings is 2. The molecule has 0 saturated heterocycles. The molecule has 0 radical (unpaired) electrons. The van der Waals surface area contributed by atoms with Crippen LogP contribution in [0.3, 0.4) is 0 Å². The Hall–Kier alpha value is -4.46. The highest BCUT2D eigenvalue weighted by atomic mass is 16.5. The molecule has 4 aliphatic rings. The van der Waals surface area contributed by atoms with E-state index in [9.17, 15) is 19.2 Å². The normalized spacial score (nSPS) is 23.9. The molecule has 4 atom stereocenters. The number of imide groups is 1. The SMILES string of the molecule is CC(C)=CC1C(C(=O)OCN2C(=O)C3=C(CCCC3)C2=O)C1(C)C.CC(C)=CC1C(C(=O)OCc2cccc(Oc3ccccc3)c2)C1(C)C.